The minimum Gasteiger partial charge on any atom is -0.508 e. The van der Waals surface area contributed by atoms with Gasteiger partial charge in [-0.15, -0.1) is 0 Å². The molecular formula is C23H20O3. The lowest BCUT2D eigenvalue weighted by atomic mass is 9.89. The zero-order valence-corrected chi connectivity index (χ0v) is 14.6. The maximum atomic E-state index is 12.6. The van der Waals surface area contributed by atoms with E-state index in [9.17, 15) is 9.90 Å². The number of phenolic OH excluding ortho intramolecular Hbond substituents is 1. The molecule has 3 heteroatoms. The Morgan fingerprint density at radius 1 is 0.962 bits per heavy atom. The molecule has 0 bridgehead atoms. The summed E-state index contributed by atoms with van der Waals surface area (Å²) in [5.41, 5.74) is 3.55. The molecule has 0 aliphatic carbocycles. The van der Waals surface area contributed by atoms with Crippen molar-refractivity contribution in [1.29, 1.82) is 0 Å². The molecule has 1 heterocycles. The summed E-state index contributed by atoms with van der Waals surface area (Å²) in [4.78, 5) is 12.6. The van der Waals surface area contributed by atoms with Crippen molar-refractivity contribution in [3.63, 3.8) is 0 Å². The van der Waals surface area contributed by atoms with E-state index in [4.69, 9.17) is 4.74 Å². The van der Waals surface area contributed by atoms with Crippen LogP contribution in [0.25, 0.3) is 16.3 Å². The van der Waals surface area contributed by atoms with Crippen molar-refractivity contribution < 1.29 is 14.6 Å². The number of hydrogen-bond acceptors (Lipinski definition) is 3. The van der Waals surface area contributed by atoms with Gasteiger partial charge in [0.2, 0.25) is 0 Å². The molecule has 26 heavy (non-hydrogen) atoms. The molecule has 1 aliphatic rings. The molecule has 0 saturated heterocycles. The summed E-state index contributed by atoms with van der Waals surface area (Å²) < 4.78 is 5.84. The smallest absolute Gasteiger partial charge is 0.335 e. The summed E-state index contributed by atoms with van der Waals surface area (Å²) in [5, 5.41) is 11.8. The molecule has 0 spiro atoms. The van der Waals surface area contributed by atoms with Gasteiger partial charge in [0, 0.05) is 16.7 Å². The van der Waals surface area contributed by atoms with Crippen LogP contribution < -0.4 is 0 Å². The molecule has 0 saturated carbocycles. The highest BCUT2D eigenvalue weighted by atomic mass is 16.5. The van der Waals surface area contributed by atoms with Crippen molar-refractivity contribution in [2.24, 2.45) is 0 Å². The van der Waals surface area contributed by atoms with Gasteiger partial charge in [-0.05, 0) is 34.9 Å². The Balaban J connectivity index is 1.92. The standard InChI is InChI=1S/C23H20O3/c1-2-6-20-21(16-11-13-17(24)14-12-16)22(26-23(20)25)19-10-5-8-15-7-3-4-9-18(15)19/h3-5,7-14,22,24H,2,6H2,1H3. The Morgan fingerprint density at radius 2 is 1.69 bits per heavy atom. The van der Waals surface area contributed by atoms with E-state index in [-0.39, 0.29) is 11.7 Å². The average molecular weight is 344 g/mol. The van der Waals surface area contributed by atoms with Crippen LogP contribution in [0.4, 0.5) is 0 Å². The summed E-state index contributed by atoms with van der Waals surface area (Å²) >= 11 is 0. The van der Waals surface area contributed by atoms with Gasteiger partial charge in [-0.1, -0.05) is 67.9 Å². The maximum Gasteiger partial charge on any atom is 0.335 e. The second-order valence-electron chi connectivity index (χ2n) is 6.54. The van der Waals surface area contributed by atoms with Gasteiger partial charge in [0.1, 0.15) is 5.75 Å². The van der Waals surface area contributed by atoms with Gasteiger partial charge in [-0.2, -0.15) is 0 Å². The number of phenols is 1. The van der Waals surface area contributed by atoms with E-state index >= 15 is 0 Å². The molecular weight excluding hydrogens is 324 g/mol. The normalized spacial score (nSPS) is 17.0. The fourth-order valence-electron chi connectivity index (χ4n) is 3.66. The monoisotopic (exact) mass is 344 g/mol. The Hall–Kier alpha value is -3.07. The van der Waals surface area contributed by atoms with Crippen molar-refractivity contribution in [2.75, 3.05) is 0 Å². The van der Waals surface area contributed by atoms with Crippen LogP contribution in [0.2, 0.25) is 0 Å². The van der Waals surface area contributed by atoms with Crippen LogP contribution in [0, 0.1) is 0 Å². The quantitative estimate of drug-likeness (QED) is 0.645. The Morgan fingerprint density at radius 3 is 2.46 bits per heavy atom. The predicted molar refractivity (Wildman–Crippen MR) is 103 cm³/mol. The Labute approximate surface area is 152 Å². The molecule has 1 atom stereocenters. The van der Waals surface area contributed by atoms with Crippen LogP contribution >= 0.6 is 0 Å². The first-order chi connectivity index (χ1) is 12.7. The third-order valence-corrected chi connectivity index (χ3v) is 4.84. The molecule has 3 aromatic rings. The van der Waals surface area contributed by atoms with Gasteiger partial charge >= 0.3 is 5.97 Å². The van der Waals surface area contributed by atoms with Gasteiger partial charge in [-0.25, -0.2) is 4.79 Å². The van der Waals surface area contributed by atoms with E-state index < -0.39 is 6.10 Å². The molecule has 3 nitrogen and oxygen atoms in total. The van der Waals surface area contributed by atoms with E-state index in [0.717, 1.165) is 39.5 Å². The lowest BCUT2D eigenvalue weighted by Crippen LogP contribution is -2.04. The van der Waals surface area contributed by atoms with Crippen LogP contribution in [-0.2, 0) is 9.53 Å². The van der Waals surface area contributed by atoms with E-state index in [0.29, 0.717) is 6.42 Å². The highest BCUT2D eigenvalue weighted by Crippen LogP contribution is 2.45. The molecule has 1 unspecified atom stereocenters. The third kappa shape index (κ3) is 2.76. The zero-order chi connectivity index (χ0) is 18.1. The molecule has 0 amide bonds. The second-order valence-corrected chi connectivity index (χ2v) is 6.54. The van der Waals surface area contributed by atoms with E-state index in [2.05, 4.69) is 25.1 Å². The van der Waals surface area contributed by atoms with E-state index in [1.165, 1.54) is 0 Å². The predicted octanol–water partition coefficient (Wildman–Crippen LogP) is 5.40. The van der Waals surface area contributed by atoms with Crippen LogP contribution in [0.15, 0.2) is 72.3 Å². The lowest BCUT2D eigenvalue weighted by molar-refractivity contribution is -0.139. The van der Waals surface area contributed by atoms with E-state index in [1.54, 1.807) is 12.1 Å². The summed E-state index contributed by atoms with van der Waals surface area (Å²) in [6.45, 7) is 2.06. The number of carbonyl (C=O) groups is 1. The van der Waals surface area contributed by atoms with Gasteiger partial charge in [-0.3, -0.25) is 0 Å². The fourth-order valence-corrected chi connectivity index (χ4v) is 3.66. The van der Waals surface area contributed by atoms with Gasteiger partial charge in [0.05, 0.1) is 0 Å². The number of hydrogen-bond donors (Lipinski definition) is 1. The molecule has 1 N–H and O–H groups in total. The second kappa shape index (κ2) is 6.68. The van der Waals surface area contributed by atoms with Gasteiger partial charge < -0.3 is 9.84 Å². The van der Waals surface area contributed by atoms with Crippen molar-refractivity contribution >= 4 is 22.3 Å². The Kier molecular flexibility index (Phi) is 4.21. The van der Waals surface area contributed by atoms with Crippen LogP contribution in [0.3, 0.4) is 0 Å². The summed E-state index contributed by atoms with van der Waals surface area (Å²) in [7, 11) is 0. The number of rotatable bonds is 4. The molecule has 1 aliphatic heterocycles. The summed E-state index contributed by atoms with van der Waals surface area (Å²) in [6, 6.07) is 21.2. The molecule has 0 radical (unpaired) electrons. The Bertz CT molecular complexity index is 994. The highest BCUT2D eigenvalue weighted by molar-refractivity contribution is 6.04. The SMILES string of the molecule is CCCC1=C(c2ccc(O)cc2)C(c2cccc3ccccc23)OC1=O. The molecule has 4 rings (SSSR count). The number of fused-ring (bicyclic) bond motifs is 1. The maximum absolute atomic E-state index is 12.6. The van der Waals surface area contributed by atoms with Crippen LogP contribution in [-0.4, -0.2) is 11.1 Å². The molecule has 0 aromatic heterocycles. The van der Waals surface area contributed by atoms with Gasteiger partial charge in [0.15, 0.2) is 6.10 Å². The van der Waals surface area contributed by atoms with Crippen molar-refractivity contribution in [2.45, 2.75) is 25.9 Å². The number of cyclic esters (lactones) is 1. The first kappa shape index (κ1) is 16.4. The number of esters is 1. The van der Waals surface area contributed by atoms with Crippen molar-refractivity contribution in [3.05, 3.63) is 83.4 Å². The minimum absolute atomic E-state index is 0.207. The van der Waals surface area contributed by atoms with Crippen LogP contribution in [0.1, 0.15) is 37.0 Å². The van der Waals surface area contributed by atoms with Crippen molar-refractivity contribution in [1.82, 2.24) is 0 Å². The average Bonchev–Trinajstić information content (AvgIpc) is 2.99. The zero-order valence-electron chi connectivity index (χ0n) is 14.6. The number of carbonyl (C=O) groups excluding carboxylic acids is 1. The van der Waals surface area contributed by atoms with Crippen molar-refractivity contribution in [3.8, 4) is 5.75 Å². The molecule has 0 fully saturated rings. The lowest BCUT2D eigenvalue weighted by Gasteiger charge is -2.17. The largest absolute Gasteiger partial charge is 0.508 e. The third-order valence-electron chi connectivity index (χ3n) is 4.84. The molecule has 3 aromatic carbocycles. The fraction of sp³-hybridized carbons (Fsp3) is 0.174. The minimum atomic E-state index is -0.431. The highest BCUT2D eigenvalue weighted by Gasteiger charge is 2.36. The topological polar surface area (TPSA) is 46.5 Å². The number of aromatic hydroxyl groups is 1. The first-order valence-corrected chi connectivity index (χ1v) is 8.90. The number of ether oxygens (including phenoxy) is 1. The number of benzene rings is 3. The molecule has 130 valence electrons. The van der Waals surface area contributed by atoms with E-state index in [1.807, 2.05) is 36.4 Å². The summed E-state index contributed by atoms with van der Waals surface area (Å²) in [5.74, 6) is -0.0359. The van der Waals surface area contributed by atoms with Crippen LogP contribution in [0.5, 0.6) is 5.75 Å². The first-order valence-electron chi connectivity index (χ1n) is 8.90. The van der Waals surface area contributed by atoms with Gasteiger partial charge in [0.25, 0.3) is 0 Å². The summed E-state index contributed by atoms with van der Waals surface area (Å²) in [6.07, 6.45) is 1.12.